The monoisotopic (exact) mass is 1190 g/mol. The van der Waals surface area contributed by atoms with Crippen LogP contribution in [0.5, 0.6) is 0 Å². The third-order valence-electron chi connectivity index (χ3n) is 9.36. The Kier molecular flexibility index (Phi) is 101. The van der Waals surface area contributed by atoms with E-state index < -0.39 is 6.29 Å². The molecule has 3 N–H and O–H groups in total. The normalized spacial score (nSPS) is 12.4. The summed E-state index contributed by atoms with van der Waals surface area (Å²) < 4.78 is 34.6. The highest BCUT2D eigenvalue weighted by molar-refractivity contribution is 5.77. The standard InChI is InChI=1S/C9H8.C8H11N.C6H12.C6H6.C5H5N.C4H4N2.C4H7NO.C4H7N.C3H2F2O2.C3H3NO.10C2H6/c1-2-5-9-7-3-6-8(9)4-1;1-2-4-8-7(3-1)5-6-9-8;3*1-2-4-6-5-3-1;1-2-6-4-3-5-1;6-4-2-1-3-5-4;1-2-4-5-3-1;4-3(5)6-1-2-7-3;1-2-5-3-4-1;10*1-2/h1-6H,7H2;5-6,9H,1-4H2;1-6H2;1-6H;1-5H;1-4H;1-3H2,(H,5,6);1,3,5H,2,4H2;1-2H;1-3H;10*1-2H3. The highest BCUT2D eigenvalue weighted by atomic mass is 19.3. The summed E-state index contributed by atoms with van der Waals surface area (Å²) in [5, 5.41) is 5.72. The van der Waals surface area contributed by atoms with Crippen molar-refractivity contribution in [2.24, 2.45) is 0 Å². The number of carbonyl (C=O) groups excluding carboxylic acids is 1. The average Bonchev–Trinajstić information content (AvgIpc) is 4.61. The third kappa shape index (κ3) is 73.2. The van der Waals surface area contributed by atoms with Crippen molar-refractivity contribution in [3.05, 3.63) is 200 Å². The van der Waals surface area contributed by atoms with Crippen molar-refractivity contribution in [3.8, 4) is 0 Å². The zero-order chi connectivity index (χ0) is 66.0. The van der Waals surface area contributed by atoms with Gasteiger partial charge in [0.15, 0.2) is 6.39 Å². The fourth-order valence-corrected chi connectivity index (χ4v) is 6.13. The number of aryl methyl sites for hydroxylation is 2. The summed E-state index contributed by atoms with van der Waals surface area (Å²) in [5.41, 5.74) is 5.86. The summed E-state index contributed by atoms with van der Waals surface area (Å²) >= 11 is 0. The van der Waals surface area contributed by atoms with Crippen molar-refractivity contribution in [3.63, 3.8) is 0 Å². The van der Waals surface area contributed by atoms with Crippen LogP contribution in [0.1, 0.15) is 231 Å². The van der Waals surface area contributed by atoms with Crippen LogP contribution >= 0.6 is 0 Å². The number of oxazole rings is 1. The highest BCUT2D eigenvalue weighted by Gasteiger charge is 2.35. The van der Waals surface area contributed by atoms with Gasteiger partial charge in [-0.05, 0) is 86.0 Å². The Labute approximate surface area is 520 Å². The Morgan fingerprint density at radius 2 is 0.929 bits per heavy atom. The Hall–Kier alpha value is -6.89. The molecule has 486 valence electrons. The number of allylic oxidation sites excluding steroid dienone is 1. The predicted octanol–water partition coefficient (Wildman–Crippen LogP) is 22.1. The van der Waals surface area contributed by atoms with E-state index in [9.17, 15) is 13.6 Å². The molecule has 1 saturated carbocycles. The summed E-state index contributed by atoms with van der Waals surface area (Å²) in [6.45, 7) is 42.0. The molecule has 0 unspecified atom stereocenters. The van der Waals surface area contributed by atoms with E-state index in [1.165, 1.54) is 100 Å². The van der Waals surface area contributed by atoms with Gasteiger partial charge in [-0.1, -0.05) is 262 Å². The molecule has 1 amide bonds. The van der Waals surface area contributed by atoms with Crippen LogP contribution in [-0.2, 0) is 33.5 Å². The number of pyridine rings is 1. The number of aromatic nitrogens is 5. The van der Waals surface area contributed by atoms with Crippen LogP contribution in [0.2, 0.25) is 0 Å². The smallest absolute Gasteiger partial charge is 0.452 e. The summed E-state index contributed by atoms with van der Waals surface area (Å²) in [4.78, 5) is 28.2. The van der Waals surface area contributed by atoms with Crippen molar-refractivity contribution in [2.45, 2.75) is 235 Å². The molecule has 0 spiro atoms. The minimum atomic E-state index is -3.42. The van der Waals surface area contributed by atoms with Crippen molar-refractivity contribution in [2.75, 3.05) is 13.1 Å². The number of hydrogen-bond donors (Lipinski definition) is 3. The number of amides is 1. The van der Waals surface area contributed by atoms with E-state index in [0.717, 1.165) is 44.9 Å². The van der Waals surface area contributed by atoms with Crippen LogP contribution in [0.15, 0.2) is 182 Å². The summed E-state index contributed by atoms with van der Waals surface area (Å²) in [5.74, 6) is 0.204. The number of nitrogens with one attached hydrogen (secondary N) is 3. The number of H-pyrrole nitrogens is 1. The SMILES string of the molecule is C1=CNCC1.C1=Cc2ccccc2C1.C1CCCCC1.CC.CC.CC.CC.CC.CC.CC.CC.CC.CC.FC1(F)OC=CO1.O=C1CCCN1.c1cc2c([nH]1)CCCC2.c1ccccc1.c1ccncc1.c1cnccn1.c1cocn1. The van der Waals surface area contributed by atoms with Crippen LogP contribution in [0, 0.1) is 0 Å². The van der Waals surface area contributed by atoms with Gasteiger partial charge in [-0.15, -0.1) is 8.78 Å². The molecule has 3 aliphatic heterocycles. The van der Waals surface area contributed by atoms with Gasteiger partial charge in [0.2, 0.25) is 5.91 Å². The second kappa shape index (κ2) is 90.9. The minimum Gasteiger partial charge on any atom is -0.452 e. The molecular formula is C72H125F2N7O4. The van der Waals surface area contributed by atoms with Gasteiger partial charge in [0, 0.05) is 68.6 Å². The first-order valence-corrected chi connectivity index (χ1v) is 32.3. The van der Waals surface area contributed by atoms with E-state index >= 15 is 0 Å². The summed E-state index contributed by atoms with van der Waals surface area (Å²) in [7, 11) is 0. The molecule has 12 rings (SSSR count). The van der Waals surface area contributed by atoms with Gasteiger partial charge in [0.05, 0.1) is 6.20 Å². The van der Waals surface area contributed by atoms with Gasteiger partial charge in [0.1, 0.15) is 18.8 Å². The van der Waals surface area contributed by atoms with Crippen molar-refractivity contribution in [1.82, 2.24) is 35.6 Å². The molecule has 2 aromatic carbocycles. The zero-order valence-electron chi connectivity index (χ0n) is 57.3. The highest BCUT2D eigenvalue weighted by Crippen LogP contribution is 2.22. The fraction of sp³-hybridized carbons (Fsp3) is 0.514. The summed E-state index contributed by atoms with van der Waals surface area (Å²) in [6.07, 6.45) is 41.6. The molecule has 2 fully saturated rings. The van der Waals surface area contributed by atoms with Crippen LogP contribution in [-0.4, -0.2) is 50.2 Å². The zero-order valence-corrected chi connectivity index (χ0v) is 57.3. The molecule has 11 nitrogen and oxygen atoms in total. The van der Waals surface area contributed by atoms with E-state index in [-0.39, 0.29) is 5.91 Å². The molecule has 85 heavy (non-hydrogen) atoms. The largest absolute Gasteiger partial charge is 0.585 e. The number of rotatable bonds is 0. The van der Waals surface area contributed by atoms with Crippen LogP contribution in [0.25, 0.3) is 6.08 Å². The first-order valence-electron chi connectivity index (χ1n) is 32.3. The Morgan fingerprint density at radius 3 is 1.21 bits per heavy atom. The maximum Gasteiger partial charge on any atom is 0.585 e. The number of aromatic amines is 1. The second-order valence-electron chi connectivity index (χ2n) is 14.4. The van der Waals surface area contributed by atoms with Gasteiger partial charge in [-0.2, -0.15) is 0 Å². The number of ether oxygens (including phenoxy) is 2. The predicted molar refractivity (Wildman–Crippen MR) is 367 cm³/mol. The Bertz CT molecular complexity index is 1820. The minimum absolute atomic E-state index is 0.204. The van der Waals surface area contributed by atoms with Crippen molar-refractivity contribution < 1.29 is 27.5 Å². The van der Waals surface area contributed by atoms with Crippen LogP contribution in [0.3, 0.4) is 0 Å². The first-order chi connectivity index (χ1) is 42.0. The number of nitrogens with zero attached hydrogens (tertiary/aromatic N) is 4. The first kappa shape index (κ1) is 94.5. The molecule has 6 aliphatic rings. The third-order valence-corrected chi connectivity index (χ3v) is 9.36. The Morgan fingerprint density at radius 1 is 0.459 bits per heavy atom. The number of fused-ring (bicyclic) bond motifs is 2. The van der Waals surface area contributed by atoms with Crippen LogP contribution < -0.4 is 10.6 Å². The number of alkyl halides is 2. The molecule has 3 aliphatic carbocycles. The maximum absolute atomic E-state index is 11.4. The second-order valence-corrected chi connectivity index (χ2v) is 14.4. The van der Waals surface area contributed by atoms with E-state index in [1.807, 2.05) is 199 Å². The maximum atomic E-state index is 11.4. The molecular weight excluding hydrogens is 1060 g/mol. The van der Waals surface area contributed by atoms with E-state index in [2.05, 4.69) is 104 Å². The fourth-order valence-electron chi connectivity index (χ4n) is 6.13. The molecule has 1 saturated heterocycles. The molecule has 4 aromatic heterocycles. The van der Waals surface area contributed by atoms with Gasteiger partial charge in [0.25, 0.3) is 0 Å². The quantitative estimate of drug-likeness (QED) is 0.136. The molecule has 0 atom stereocenters. The van der Waals surface area contributed by atoms with Gasteiger partial charge in [-0.3, -0.25) is 19.7 Å². The lowest BCUT2D eigenvalue weighted by molar-refractivity contribution is -0.329. The number of halogens is 2. The number of hydrogen-bond acceptors (Lipinski definition) is 9. The topological polar surface area (TPSA) is 140 Å². The lowest BCUT2D eigenvalue weighted by atomic mass is 9.98. The van der Waals surface area contributed by atoms with Gasteiger partial charge < -0.3 is 29.5 Å². The summed E-state index contributed by atoms with van der Waals surface area (Å²) in [6, 6.07) is 28.4. The molecule has 6 aromatic rings. The molecule has 0 radical (unpaired) electrons. The van der Waals surface area contributed by atoms with Crippen molar-refractivity contribution >= 4 is 12.0 Å². The van der Waals surface area contributed by atoms with E-state index in [4.69, 9.17) is 0 Å². The molecule has 7 heterocycles. The van der Waals surface area contributed by atoms with Crippen molar-refractivity contribution in [1.29, 1.82) is 0 Å². The van der Waals surface area contributed by atoms with E-state index in [1.54, 1.807) is 48.9 Å². The van der Waals surface area contributed by atoms with E-state index in [0.29, 0.717) is 0 Å². The lowest BCUT2D eigenvalue weighted by Gasteiger charge is -2.08. The number of carbonyl (C=O) groups is 1. The van der Waals surface area contributed by atoms with Gasteiger partial charge in [-0.25, -0.2) is 4.98 Å². The van der Waals surface area contributed by atoms with Gasteiger partial charge >= 0.3 is 6.29 Å². The Balaban J connectivity index is -0.000000126. The lowest BCUT2D eigenvalue weighted by Crippen LogP contribution is -2.14. The van der Waals surface area contributed by atoms with Crippen LogP contribution in [0.4, 0.5) is 8.78 Å². The molecule has 0 bridgehead atoms. The molecule has 13 heteroatoms. The number of benzene rings is 2. The average molecular weight is 1190 g/mol.